The largest absolute Gasteiger partial charge is 0.491 e. The molecule has 2 aliphatic rings. The zero-order chi connectivity index (χ0) is 17.8. The van der Waals surface area contributed by atoms with Crippen molar-refractivity contribution in [1.82, 2.24) is 0 Å². The van der Waals surface area contributed by atoms with E-state index in [1.54, 1.807) is 5.54 Å². The monoisotopic (exact) mass is 368 g/mol. The Morgan fingerprint density at radius 1 is 0.920 bits per heavy atom. The van der Waals surface area contributed by atoms with E-state index >= 15 is 0 Å². The van der Waals surface area contributed by atoms with Gasteiger partial charge in [0.1, 0.15) is 0 Å². The second kappa shape index (κ2) is 8.53. The van der Waals surface area contributed by atoms with Crippen molar-refractivity contribution in [3.05, 3.63) is 40.9 Å². The van der Waals surface area contributed by atoms with Gasteiger partial charge >= 0.3 is 0 Å². The van der Waals surface area contributed by atoms with Crippen LogP contribution in [-0.2, 0) is 0 Å². The van der Waals surface area contributed by atoms with Crippen LogP contribution in [-0.4, -0.2) is 7.11 Å². The fourth-order valence-electron chi connectivity index (χ4n) is 4.85. The molecule has 0 heterocycles. The van der Waals surface area contributed by atoms with Crippen molar-refractivity contribution >= 4 is 11.6 Å². The van der Waals surface area contributed by atoms with Crippen molar-refractivity contribution < 1.29 is 13.5 Å². The van der Waals surface area contributed by atoms with Crippen molar-refractivity contribution in [3.8, 4) is 5.75 Å². The summed E-state index contributed by atoms with van der Waals surface area (Å²) in [4.78, 5) is 0. The zero-order valence-corrected chi connectivity index (χ0v) is 15.6. The van der Waals surface area contributed by atoms with Gasteiger partial charge in [-0.25, -0.2) is 8.78 Å². The first-order valence-corrected chi connectivity index (χ1v) is 9.85. The molecule has 0 spiro atoms. The van der Waals surface area contributed by atoms with E-state index < -0.39 is 11.6 Å². The lowest BCUT2D eigenvalue weighted by Crippen LogP contribution is -2.25. The quantitative estimate of drug-likeness (QED) is 0.567. The number of rotatable bonds is 4. The van der Waals surface area contributed by atoms with E-state index in [1.165, 1.54) is 57.8 Å². The van der Waals surface area contributed by atoms with Crippen molar-refractivity contribution in [2.75, 3.05) is 7.11 Å². The molecule has 0 saturated heterocycles. The molecule has 0 aromatic heterocycles. The highest BCUT2D eigenvalue weighted by molar-refractivity contribution is 6.25. The first-order chi connectivity index (χ1) is 12.1. The van der Waals surface area contributed by atoms with E-state index in [4.69, 9.17) is 16.3 Å². The van der Waals surface area contributed by atoms with Gasteiger partial charge in [0, 0.05) is 5.54 Å². The summed E-state index contributed by atoms with van der Waals surface area (Å²) in [6, 6.07) is 2.91. The van der Waals surface area contributed by atoms with Gasteiger partial charge in [0.15, 0.2) is 17.4 Å². The van der Waals surface area contributed by atoms with Gasteiger partial charge < -0.3 is 4.74 Å². The SMILES string of the molecule is COc1c(F)cc(C2CCC(C3CCC(/C=C/Cl)CC3)CC2)cc1F. The third-order valence-corrected chi connectivity index (χ3v) is 6.44. The van der Waals surface area contributed by atoms with Gasteiger partial charge in [0.25, 0.3) is 0 Å². The number of hydrogen-bond acceptors (Lipinski definition) is 1. The lowest BCUT2D eigenvalue weighted by atomic mass is 9.68. The predicted octanol–water partition coefficient (Wildman–Crippen LogP) is 6.81. The summed E-state index contributed by atoms with van der Waals surface area (Å²) in [7, 11) is 1.30. The van der Waals surface area contributed by atoms with E-state index in [1.807, 2.05) is 0 Å². The van der Waals surface area contributed by atoms with Gasteiger partial charge in [-0.05, 0) is 92.7 Å². The normalized spacial score (nSPS) is 30.6. The van der Waals surface area contributed by atoms with E-state index in [-0.39, 0.29) is 11.7 Å². The third-order valence-electron chi connectivity index (χ3n) is 6.30. The van der Waals surface area contributed by atoms with Crippen molar-refractivity contribution in [2.45, 2.75) is 57.3 Å². The van der Waals surface area contributed by atoms with Crippen LogP contribution in [0.1, 0.15) is 62.8 Å². The van der Waals surface area contributed by atoms with Crippen LogP contribution >= 0.6 is 11.6 Å². The first-order valence-electron chi connectivity index (χ1n) is 9.42. The number of benzene rings is 1. The van der Waals surface area contributed by atoms with Crippen LogP contribution in [0.3, 0.4) is 0 Å². The molecule has 1 nitrogen and oxygen atoms in total. The van der Waals surface area contributed by atoms with Crippen molar-refractivity contribution in [2.24, 2.45) is 17.8 Å². The molecule has 0 N–H and O–H groups in total. The Labute approximate surface area is 154 Å². The van der Waals surface area contributed by atoms with Crippen LogP contribution in [0.5, 0.6) is 5.75 Å². The Morgan fingerprint density at radius 2 is 1.44 bits per heavy atom. The molecule has 0 unspecified atom stereocenters. The topological polar surface area (TPSA) is 9.23 Å². The maximum Gasteiger partial charge on any atom is 0.190 e. The molecule has 1 aromatic carbocycles. The second-order valence-electron chi connectivity index (χ2n) is 7.62. The predicted molar refractivity (Wildman–Crippen MR) is 98.1 cm³/mol. The molecular weight excluding hydrogens is 342 g/mol. The second-order valence-corrected chi connectivity index (χ2v) is 7.87. The number of hydrogen-bond donors (Lipinski definition) is 0. The minimum atomic E-state index is -0.592. The summed E-state index contributed by atoms with van der Waals surface area (Å²) in [5.41, 5.74) is 2.44. The summed E-state index contributed by atoms with van der Waals surface area (Å²) in [5.74, 6) is 1.03. The van der Waals surface area contributed by atoms with Gasteiger partial charge in [0.2, 0.25) is 0 Å². The molecular formula is C21H27ClF2O. The summed E-state index contributed by atoms with van der Waals surface area (Å²) >= 11 is 5.69. The number of methoxy groups -OCH3 is 1. The average Bonchev–Trinajstić information content (AvgIpc) is 2.62. The smallest absolute Gasteiger partial charge is 0.190 e. The lowest BCUT2D eigenvalue weighted by Gasteiger charge is -2.37. The summed E-state index contributed by atoms with van der Waals surface area (Å²) < 4.78 is 32.7. The lowest BCUT2D eigenvalue weighted by molar-refractivity contribution is 0.171. The van der Waals surface area contributed by atoms with E-state index in [9.17, 15) is 8.78 Å². The summed E-state index contributed by atoms with van der Waals surface area (Å²) in [6.45, 7) is 0. The van der Waals surface area contributed by atoms with E-state index in [0.717, 1.165) is 30.2 Å². The van der Waals surface area contributed by atoms with Gasteiger partial charge in [0.05, 0.1) is 7.11 Å². The van der Waals surface area contributed by atoms with Crippen LogP contribution < -0.4 is 4.74 Å². The molecule has 138 valence electrons. The molecule has 25 heavy (non-hydrogen) atoms. The molecule has 2 aliphatic carbocycles. The van der Waals surface area contributed by atoms with Crippen molar-refractivity contribution in [1.29, 1.82) is 0 Å². The first kappa shape index (κ1) is 18.7. The van der Waals surface area contributed by atoms with Crippen LogP contribution in [0.2, 0.25) is 0 Å². The highest BCUT2D eigenvalue weighted by atomic mass is 35.5. The minimum Gasteiger partial charge on any atom is -0.491 e. The Bertz CT molecular complexity index is 577. The molecule has 3 rings (SSSR count). The number of halogens is 3. The number of allylic oxidation sites excluding steroid dienone is 1. The molecule has 0 radical (unpaired) electrons. The minimum absolute atomic E-state index is 0.265. The fourth-order valence-corrected chi connectivity index (χ4v) is 5.05. The van der Waals surface area contributed by atoms with E-state index in [2.05, 4.69) is 6.08 Å². The molecule has 2 saturated carbocycles. The van der Waals surface area contributed by atoms with Gasteiger partial charge in [-0.2, -0.15) is 0 Å². The molecule has 4 heteroatoms. The van der Waals surface area contributed by atoms with Gasteiger partial charge in [-0.3, -0.25) is 0 Å². The summed E-state index contributed by atoms with van der Waals surface area (Å²) in [5, 5.41) is 0. The zero-order valence-electron chi connectivity index (χ0n) is 14.8. The highest BCUT2D eigenvalue weighted by Gasteiger charge is 2.31. The number of ether oxygens (including phenoxy) is 1. The highest BCUT2D eigenvalue weighted by Crippen LogP contribution is 2.44. The molecule has 2 fully saturated rings. The molecule has 0 atom stereocenters. The Hall–Kier alpha value is -1.09. The Kier molecular flexibility index (Phi) is 6.38. The van der Waals surface area contributed by atoms with Crippen LogP contribution in [0.15, 0.2) is 23.7 Å². The van der Waals surface area contributed by atoms with Crippen LogP contribution in [0.4, 0.5) is 8.78 Å². The molecule has 1 aromatic rings. The van der Waals surface area contributed by atoms with Crippen molar-refractivity contribution in [3.63, 3.8) is 0 Å². The standard InChI is InChI=1S/C21H27ClF2O/c1-25-21-19(23)12-18(13-20(21)24)17-8-6-16(7-9-17)15-4-2-14(3-5-15)10-11-22/h10-17H,2-9H2,1H3/b11-10+. The molecule has 0 bridgehead atoms. The van der Waals surface area contributed by atoms with Crippen LogP contribution in [0.25, 0.3) is 0 Å². The fraction of sp³-hybridized carbons (Fsp3) is 0.619. The van der Waals surface area contributed by atoms with E-state index in [0.29, 0.717) is 5.92 Å². The molecule has 0 aliphatic heterocycles. The Balaban J connectivity index is 1.56. The third kappa shape index (κ3) is 4.36. The molecule has 0 amide bonds. The Morgan fingerprint density at radius 3 is 1.92 bits per heavy atom. The maximum atomic E-state index is 14.0. The average molecular weight is 369 g/mol. The van der Waals surface area contributed by atoms with Gasteiger partial charge in [-0.15, -0.1) is 0 Å². The summed E-state index contributed by atoms with van der Waals surface area (Å²) in [6.07, 6.45) is 11.6. The maximum absolute atomic E-state index is 14.0. The van der Waals surface area contributed by atoms with Gasteiger partial charge in [-0.1, -0.05) is 17.7 Å². The van der Waals surface area contributed by atoms with Crippen LogP contribution in [0, 0.1) is 29.4 Å².